The van der Waals surface area contributed by atoms with Gasteiger partial charge in [-0.15, -0.1) is 0 Å². The highest BCUT2D eigenvalue weighted by atomic mass is 79.9. The number of fused-ring (bicyclic) bond motifs is 1. The van der Waals surface area contributed by atoms with E-state index in [2.05, 4.69) is 20.9 Å². The van der Waals surface area contributed by atoms with Crippen molar-refractivity contribution in [2.75, 3.05) is 18.1 Å². The molecule has 2 aliphatic heterocycles. The molecule has 162 valence electrons. The molecule has 2 heterocycles. The van der Waals surface area contributed by atoms with Gasteiger partial charge < -0.3 is 9.05 Å². The number of carbonyl (C=O) groups excluding carboxylic acids is 2. The van der Waals surface area contributed by atoms with Crippen molar-refractivity contribution in [1.82, 2.24) is 0 Å². The van der Waals surface area contributed by atoms with Gasteiger partial charge in [0.2, 0.25) is 11.8 Å². The zero-order valence-corrected chi connectivity index (χ0v) is 19.6. The maximum absolute atomic E-state index is 14.2. The van der Waals surface area contributed by atoms with Gasteiger partial charge in [0.1, 0.15) is 0 Å². The van der Waals surface area contributed by atoms with Crippen LogP contribution in [0.25, 0.3) is 0 Å². The van der Waals surface area contributed by atoms with E-state index < -0.39 is 36.5 Å². The van der Waals surface area contributed by atoms with Gasteiger partial charge in [0, 0.05) is 10.7 Å². The average molecular weight is 505 g/mol. The summed E-state index contributed by atoms with van der Waals surface area (Å²) in [6, 6.07) is 15.7. The van der Waals surface area contributed by atoms with Crippen LogP contribution >= 0.6 is 23.5 Å². The highest BCUT2D eigenvalue weighted by Crippen LogP contribution is 2.72. The van der Waals surface area contributed by atoms with Crippen LogP contribution < -0.4 is 4.90 Å². The quantitative estimate of drug-likeness (QED) is 0.400. The van der Waals surface area contributed by atoms with E-state index in [-0.39, 0.29) is 13.2 Å². The Morgan fingerprint density at radius 1 is 1.00 bits per heavy atom. The molecule has 0 aromatic heterocycles. The number of rotatable bonds is 7. The molecule has 4 rings (SSSR count). The van der Waals surface area contributed by atoms with Crippen LogP contribution in [0.1, 0.15) is 19.4 Å². The number of aliphatic imine (C=N–C) groups is 1. The van der Waals surface area contributed by atoms with Gasteiger partial charge in [0.15, 0.2) is 5.28 Å². The minimum Gasteiger partial charge on any atom is -0.307 e. The largest absolute Gasteiger partial charge is 0.363 e. The molecule has 2 aromatic rings. The summed E-state index contributed by atoms with van der Waals surface area (Å²) in [5.41, 5.74) is 0.966. The van der Waals surface area contributed by atoms with E-state index in [0.29, 0.717) is 11.3 Å². The first kappa shape index (κ1) is 22.1. The minimum atomic E-state index is -3.98. The van der Waals surface area contributed by atoms with Gasteiger partial charge in [-0.1, -0.05) is 46.3 Å². The second kappa shape index (κ2) is 8.43. The molecule has 9 heteroatoms. The lowest BCUT2D eigenvalue weighted by atomic mass is 9.87. The molecule has 0 N–H and O–H groups in total. The minimum absolute atomic E-state index is 0.108. The fourth-order valence-corrected chi connectivity index (χ4v) is 6.99. The van der Waals surface area contributed by atoms with Gasteiger partial charge in [-0.25, -0.2) is 4.90 Å². The first-order valence-corrected chi connectivity index (χ1v) is 12.4. The lowest BCUT2D eigenvalue weighted by molar-refractivity contribution is -0.123. The van der Waals surface area contributed by atoms with E-state index in [4.69, 9.17) is 9.05 Å². The van der Waals surface area contributed by atoms with Gasteiger partial charge in [-0.2, -0.15) is 0 Å². The Kier molecular flexibility index (Phi) is 6.01. The van der Waals surface area contributed by atoms with E-state index in [1.54, 1.807) is 62.4 Å². The molecule has 2 aliphatic rings. The van der Waals surface area contributed by atoms with Crippen LogP contribution in [0, 0.1) is 11.8 Å². The molecule has 1 saturated heterocycles. The lowest BCUT2D eigenvalue weighted by Crippen LogP contribution is -2.40. The van der Waals surface area contributed by atoms with E-state index in [9.17, 15) is 14.2 Å². The number of amides is 2. The third kappa shape index (κ3) is 3.33. The van der Waals surface area contributed by atoms with Crippen molar-refractivity contribution < 1.29 is 23.2 Å². The molecule has 2 aromatic carbocycles. The van der Waals surface area contributed by atoms with Crippen molar-refractivity contribution in [2.45, 2.75) is 19.1 Å². The molecule has 3 atom stereocenters. The molecule has 0 radical (unpaired) electrons. The molecular formula is C22H22BrN2O5P. The van der Waals surface area contributed by atoms with Gasteiger partial charge in [0.05, 0.1) is 30.7 Å². The van der Waals surface area contributed by atoms with Crippen molar-refractivity contribution in [3.8, 4) is 0 Å². The van der Waals surface area contributed by atoms with Crippen LogP contribution in [0.4, 0.5) is 5.69 Å². The summed E-state index contributed by atoms with van der Waals surface area (Å²) in [7, 11) is -3.98. The summed E-state index contributed by atoms with van der Waals surface area (Å²) in [6.45, 7) is 3.63. The van der Waals surface area contributed by atoms with Crippen molar-refractivity contribution in [2.24, 2.45) is 16.8 Å². The molecule has 0 aliphatic carbocycles. The average Bonchev–Trinajstić information content (AvgIpc) is 3.28. The predicted octanol–water partition coefficient (Wildman–Crippen LogP) is 4.76. The Morgan fingerprint density at radius 2 is 1.61 bits per heavy atom. The molecule has 0 bridgehead atoms. The number of benzene rings is 2. The Balaban J connectivity index is 1.89. The number of carbonyl (C=O) groups is 2. The van der Waals surface area contributed by atoms with Crippen LogP contribution in [0.2, 0.25) is 0 Å². The summed E-state index contributed by atoms with van der Waals surface area (Å²) in [5.74, 6) is -2.77. The summed E-state index contributed by atoms with van der Waals surface area (Å²) in [5, 5.41) is -1.64. The number of hydrogen-bond acceptors (Lipinski definition) is 6. The van der Waals surface area contributed by atoms with Gasteiger partial charge >= 0.3 is 7.60 Å². The first-order valence-electron chi connectivity index (χ1n) is 10.0. The molecule has 0 saturated carbocycles. The second-order valence-electron chi connectivity index (χ2n) is 7.20. The van der Waals surface area contributed by atoms with Crippen LogP contribution in [-0.2, 0) is 28.5 Å². The highest BCUT2D eigenvalue weighted by molar-refractivity contribution is 9.10. The van der Waals surface area contributed by atoms with E-state index >= 15 is 0 Å². The highest BCUT2D eigenvalue weighted by Gasteiger charge is 2.69. The van der Waals surface area contributed by atoms with Crippen molar-refractivity contribution in [3.63, 3.8) is 0 Å². The van der Waals surface area contributed by atoms with E-state index in [1.807, 2.05) is 6.07 Å². The van der Waals surface area contributed by atoms with Crippen molar-refractivity contribution in [3.05, 3.63) is 64.6 Å². The smallest absolute Gasteiger partial charge is 0.307 e. The standard InChI is InChI=1S/C22H22BrN2O5P/c1-3-29-31(28,30-4-2)22(15-8-6-5-7-9-15)19-18(14-24-22)20(26)25(21(19)27)17-12-10-16(23)11-13-17/h5-14,18-19H,3-4H2,1-2H3/t18-,19+,22+/m1/s1. The van der Waals surface area contributed by atoms with Gasteiger partial charge in [-0.05, 0) is 43.7 Å². The maximum atomic E-state index is 14.2. The molecule has 0 unspecified atom stereocenters. The zero-order valence-electron chi connectivity index (χ0n) is 17.1. The van der Waals surface area contributed by atoms with Crippen LogP contribution in [-0.4, -0.2) is 31.2 Å². The van der Waals surface area contributed by atoms with E-state index in [1.165, 1.54) is 6.21 Å². The second-order valence-corrected chi connectivity index (χ2v) is 10.3. The molecule has 0 spiro atoms. The Bertz CT molecular complexity index is 1070. The van der Waals surface area contributed by atoms with E-state index in [0.717, 1.165) is 9.37 Å². The molecule has 2 amide bonds. The number of nitrogens with zero attached hydrogens (tertiary/aromatic N) is 2. The summed E-state index contributed by atoms with van der Waals surface area (Å²) >= 11 is 3.36. The monoisotopic (exact) mass is 504 g/mol. The molecule has 31 heavy (non-hydrogen) atoms. The number of halogens is 1. The Morgan fingerprint density at radius 3 is 2.19 bits per heavy atom. The molecule has 7 nitrogen and oxygen atoms in total. The van der Waals surface area contributed by atoms with Crippen molar-refractivity contribution >= 4 is 47.2 Å². The van der Waals surface area contributed by atoms with Gasteiger partial charge in [0.25, 0.3) is 0 Å². The molecule has 1 fully saturated rings. The van der Waals surface area contributed by atoms with Crippen LogP contribution in [0.5, 0.6) is 0 Å². The summed E-state index contributed by atoms with van der Waals surface area (Å²) in [6.07, 6.45) is 1.43. The third-order valence-corrected chi connectivity index (χ3v) is 8.73. The van der Waals surface area contributed by atoms with Crippen molar-refractivity contribution in [1.29, 1.82) is 0 Å². The zero-order chi connectivity index (χ0) is 22.2. The predicted molar refractivity (Wildman–Crippen MR) is 121 cm³/mol. The Labute approximate surface area is 189 Å². The fraction of sp³-hybridized carbons (Fsp3) is 0.318. The SMILES string of the molecule is CCOP(=O)(OCC)[C@]1(c2ccccc2)N=C[C@H]2C(=O)N(c3ccc(Br)cc3)C(=O)[C@H]21. The fourth-order valence-electron chi connectivity index (χ4n) is 4.29. The number of imide groups is 1. The number of anilines is 1. The summed E-state index contributed by atoms with van der Waals surface area (Å²) in [4.78, 5) is 32.7. The summed E-state index contributed by atoms with van der Waals surface area (Å²) < 4.78 is 26.4. The lowest BCUT2D eigenvalue weighted by Gasteiger charge is -2.37. The maximum Gasteiger partial charge on any atom is 0.363 e. The van der Waals surface area contributed by atoms with Crippen LogP contribution in [0.15, 0.2) is 64.1 Å². The third-order valence-electron chi connectivity index (χ3n) is 5.52. The normalized spacial score (nSPS) is 25.3. The number of hydrogen-bond donors (Lipinski definition) is 0. The van der Waals surface area contributed by atoms with Crippen LogP contribution in [0.3, 0.4) is 0 Å². The topological polar surface area (TPSA) is 85.3 Å². The first-order chi connectivity index (χ1) is 14.9. The van der Waals surface area contributed by atoms with Gasteiger partial charge in [-0.3, -0.25) is 19.1 Å². The molecular weight excluding hydrogens is 483 g/mol. The Hall–Kier alpha value is -2.12.